The molecular weight excluding hydrogens is 290 g/mol. The minimum atomic E-state index is -0.375. The highest BCUT2D eigenvalue weighted by atomic mass is 16.5. The first kappa shape index (κ1) is 16.3. The topological polar surface area (TPSA) is 41.9 Å². The van der Waals surface area contributed by atoms with E-state index in [1.54, 1.807) is 0 Å². The largest absolute Gasteiger partial charge is 0.389 e. The molecule has 4 heteroatoms. The highest BCUT2D eigenvalue weighted by Gasteiger charge is 2.51. The summed E-state index contributed by atoms with van der Waals surface area (Å²) in [6, 6.07) is 0. The molecule has 0 amide bonds. The van der Waals surface area contributed by atoms with Crippen molar-refractivity contribution in [3.63, 3.8) is 0 Å². The molecule has 5 rings (SSSR count). The zero-order valence-corrected chi connectivity index (χ0v) is 14.7. The monoisotopic (exact) mass is 323 g/mol. The van der Waals surface area contributed by atoms with Gasteiger partial charge in [0.2, 0.25) is 0 Å². The highest BCUT2D eigenvalue weighted by molar-refractivity contribution is 5.03. The summed E-state index contributed by atoms with van der Waals surface area (Å²) in [5.74, 6) is 2.71. The average molecular weight is 323 g/mol. The number of β-amino-alcohol motifs (C(OH)–C–C–N with tert-alkyl or cyclic N) is 1. The summed E-state index contributed by atoms with van der Waals surface area (Å²) in [5.41, 5.74) is 0.112. The smallest absolute Gasteiger partial charge is 0.0900 e. The molecule has 4 aliphatic carbocycles. The van der Waals surface area contributed by atoms with Gasteiger partial charge in [0.15, 0.2) is 0 Å². The van der Waals surface area contributed by atoms with Crippen LogP contribution in [0.5, 0.6) is 0 Å². The van der Waals surface area contributed by atoms with Crippen molar-refractivity contribution in [1.82, 2.24) is 4.90 Å². The van der Waals surface area contributed by atoms with E-state index in [-0.39, 0.29) is 23.9 Å². The molecule has 4 bridgehead atoms. The molecule has 3 atom stereocenters. The fraction of sp³-hybridized carbons (Fsp3) is 1.00. The predicted octanol–water partition coefficient (Wildman–Crippen LogP) is 2.44. The van der Waals surface area contributed by atoms with Gasteiger partial charge in [-0.05, 0) is 70.1 Å². The second kappa shape index (κ2) is 6.29. The normalized spacial score (nSPS) is 47.9. The number of aliphatic hydroxyl groups is 1. The number of rotatable bonds is 5. The van der Waals surface area contributed by atoms with E-state index in [9.17, 15) is 5.11 Å². The van der Waals surface area contributed by atoms with Gasteiger partial charge in [-0.25, -0.2) is 0 Å². The summed E-state index contributed by atoms with van der Waals surface area (Å²) in [6.45, 7) is 7.27. The van der Waals surface area contributed by atoms with E-state index in [1.807, 2.05) is 0 Å². The lowest BCUT2D eigenvalue weighted by Gasteiger charge is -2.56. The lowest BCUT2D eigenvalue weighted by atomic mass is 9.54. The molecule has 0 spiro atoms. The SMILES string of the molecule is C[C@H]1CN(C[C@H](O)COC23CC4CC(CC(C4)C2)C3)C[C@H](C)O1. The molecule has 23 heavy (non-hydrogen) atoms. The van der Waals surface area contributed by atoms with Crippen LogP contribution >= 0.6 is 0 Å². The van der Waals surface area contributed by atoms with Crippen molar-refractivity contribution in [2.24, 2.45) is 17.8 Å². The number of ether oxygens (including phenoxy) is 2. The minimum absolute atomic E-state index is 0.112. The summed E-state index contributed by atoms with van der Waals surface area (Å²) in [7, 11) is 0. The Bertz CT molecular complexity index is 382. The second-order valence-electron chi connectivity index (χ2n) is 9.04. The van der Waals surface area contributed by atoms with Crippen molar-refractivity contribution in [1.29, 1.82) is 0 Å². The lowest BCUT2D eigenvalue weighted by molar-refractivity contribution is -0.177. The Labute approximate surface area is 140 Å². The molecule has 0 aromatic carbocycles. The predicted molar refractivity (Wildman–Crippen MR) is 89.3 cm³/mol. The van der Waals surface area contributed by atoms with Gasteiger partial charge in [-0.15, -0.1) is 0 Å². The van der Waals surface area contributed by atoms with E-state index in [4.69, 9.17) is 9.47 Å². The minimum Gasteiger partial charge on any atom is -0.389 e. The van der Waals surface area contributed by atoms with Crippen LogP contribution in [-0.2, 0) is 9.47 Å². The van der Waals surface area contributed by atoms with Crippen molar-refractivity contribution >= 4 is 0 Å². The van der Waals surface area contributed by atoms with Gasteiger partial charge in [0.05, 0.1) is 30.5 Å². The molecule has 1 N–H and O–H groups in total. The van der Waals surface area contributed by atoms with E-state index < -0.39 is 0 Å². The molecule has 0 unspecified atom stereocenters. The van der Waals surface area contributed by atoms with Crippen LogP contribution in [-0.4, -0.2) is 60.2 Å². The maximum absolute atomic E-state index is 10.5. The second-order valence-corrected chi connectivity index (χ2v) is 9.04. The Balaban J connectivity index is 1.27. The number of hydrogen-bond donors (Lipinski definition) is 1. The number of nitrogens with zero attached hydrogens (tertiary/aromatic N) is 1. The zero-order chi connectivity index (χ0) is 16.0. The summed E-state index contributed by atoms with van der Waals surface area (Å²) in [6.07, 6.45) is 8.20. The summed E-state index contributed by atoms with van der Waals surface area (Å²) in [4.78, 5) is 2.33. The highest BCUT2D eigenvalue weighted by Crippen LogP contribution is 2.57. The number of morpholine rings is 1. The summed E-state index contributed by atoms with van der Waals surface area (Å²) < 4.78 is 12.2. The van der Waals surface area contributed by atoms with Crippen LogP contribution in [0.4, 0.5) is 0 Å². The van der Waals surface area contributed by atoms with Gasteiger partial charge < -0.3 is 14.6 Å². The van der Waals surface area contributed by atoms with Gasteiger partial charge in [-0.3, -0.25) is 4.90 Å². The van der Waals surface area contributed by atoms with Gasteiger partial charge in [-0.2, -0.15) is 0 Å². The van der Waals surface area contributed by atoms with Gasteiger partial charge in [0.25, 0.3) is 0 Å². The van der Waals surface area contributed by atoms with Crippen molar-refractivity contribution in [3.05, 3.63) is 0 Å². The quantitative estimate of drug-likeness (QED) is 0.844. The first-order chi connectivity index (χ1) is 11.0. The van der Waals surface area contributed by atoms with Crippen LogP contribution in [0.3, 0.4) is 0 Å². The molecule has 1 aliphatic heterocycles. The molecule has 1 saturated heterocycles. The molecule has 5 fully saturated rings. The first-order valence-corrected chi connectivity index (χ1v) is 9.69. The molecule has 4 nitrogen and oxygen atoms in total. The Morgan fingerprint density at radius 2 is 1.57 bits per heavy atom. The van der Waals surface area contributed by atoms with E-state index in [0.717, 1.165) is 30.8 Å². The molecule has 1 heterocycles. The van der Waals surface area contributed by atoms with Crippen LogP contribution in [0.15, 0.2) is 0 Å². The Morgan fingerprint density at radius 1 is 1.04 bits per heavy atom. The van der Waals surface area contributed by atoms with Gasteiger partial charge in [-0.1, -0.05) is 0 Å². The molecule has 0 radical (unpaired) electrons. The van der Waals surface area contributed by atoms with Gasteiger partial charge in [0, 0.05) is 19.6 Å². The summed E-state index contributed by atoms with van der Waals surface area (Å²) in [5, 5.41) is 10.5. The molecule has 0 aromatic rings. The van der Waals surface area contributed by atoms with Crippen LogP contribution in [0.1, 0.15) is 52.4 Å². The lowest BCUT2D eigenvalue weighted by Crippen LogP contribution is -2.53. The van der Waals surface area contributed by atoms with Crippen LogP contribution in [0, 0.1) is 17.8 Å². The Hall–Kier alpha value is -0.160. The van der Waals surface area contributed by atoms with Crippen LogP contribution in [0.25, 0.3) is 0 Å². The number of aliphatic hydroxyl groups excluding tert-OH is 1. The Morgan fingerprint density at radius 3 is 2.09 bits per heavy atom. The van der Waals surface area contributed by atoms with Gasteiger partial charge in [0.1, 0.15) is 0 Å². The first-order valence-electron chi connectivity index (χ1n) is 9.69. The van der Waals surface area contributed by atoms with E-state index in [1.165, 1.54) is 38.5 Å². The third-order valence-electron chi connectivity index (χ3n) is 6.53. The zero-order valence-electron chi connectivity index (χ0n) is 14.7. The Kier molecular flexibility index (Phi) is 4.46. The van der Waals surface area contributed by atoms with Crippen molar-refractivity contribution < 1.29 is 14.6 Å². The molecule has 132 valence electrons. The number of hydrogen-bond acceptors (Lipinski definition) is 4. The maximum atomic E-state index is 10.5. The van der Waals surface area contributed by atoms with Crippen LogP contribution in [0.2, 0.25) is 0 Å². The molecule has 4 saturated carbocycles. The fourth-order valence-electron chi connectivity index (χ4n) is 6.27. The van der Waals surface area contributed by atoms with Gasteiger partial charge >= 0.3 is 0 Å². The van der Waals surface area contributed by atoms with Crippen molar-refractivity contribution in [3.8, 4) is 0 Å². The van der Waals surface area contributed by atoms with E-state index in [2.05, 4.69) is 18.7 Å². The molecule has 5 aliphatic rings. The molecular formula is C19H33NO3. The molecule has 0 aromatic heterocycles. The third kappa shape index (κ3) is 3.60. The average Bonchev–Trinajstić information content (AvgIpc) is 2.42. The third-order valence-corrected chi connectivity index (χ3v) is 6.53. The van der Waals surface area contributed by atoms with Crippen molar-refractivity contribution in [2.75, 3.05) is 26.2 Å². The standard InChI is InChI=1S/C19H33NO3/c1-13-9-20(10-14(2)23-13)11-18(21)12-22-19-6-15-3-16(7-19)5-17(4-15)8-19/h13-18,21H,3-12H2,1-2H3/t13-,14-,15?,16?,17?,18-,19?/m0/s1. The fourth-order valence-corrected chi connectivity index (χ4v) is 6.27. The summed E-state index contributed by atoms with van der Waals surface area (Å²) >= 11 is 0. The van der Waals surface area contributed by atoms with E-state index in [0.29, 0.717) is 13.2 Å². The van der Waals surface area contributed by atoms with Crippen molar-refractivity contribution in [2.45, 2.75) is 76.3 Å². The van der Waals surface area contributed by atoms with E-state index >= 15 is 0 Å². The van der Waals surface area contributed by atoms with Crippen LogP contribution < -0.4 is 0 Å². The maximum Gasteiger partial charge on any atom is 0.0900 e.